The van der Waals surface area contributed by atoms with Gasteiger partial charge in [0.15, 0.2) is 6.10 Å². The normalized spacial score (nSPS) is 21.4. The molecule has 0 saturated carbocycles. The lowest BCUT2D eigenvalue weighted by Crippen LogP contribution is -2.78. The number of methoxy groups -OCH3 is 1. The Morgan fingerprint density at radius 2 is 1.83 bits per heavy atom. The van der Waals surface area contributed by atoms with Crippen molar-refractivity contribution in [2.75, 3.05) is 18.6 Å². The van der Waals surface area contributed by atoms with Gasteiger partial charge in [0.1, 0.15) is 11.1 Å². The molecule has 0 aliphatic carbocycles. The molecule has 0 unspecified atom stereocenters. The Bertz CT molecular complexity index is 1260. The molecular formula is C24H24N6O4S2. The van der Waals surface area contributed by atoms with Gasteiger partial charge < -0.3 is 9.47 Å². The summed E-state index contributed by atoms with van der Waals surface area (Å²) in [5.41, 5.74) is 7.31. The summed E-state index contributed by atoms with van der Waals surface area (Å²) in [4.78, 5) is 28.3. The minimum Gasteiger partial charge on any atom is -0.448 e. The number of β-lactam (4-membered cyclic amide) rings is 1. The predicted molar refractivity (Wildman–Crippen MR) is 134 cm³/mol. The van der Waals surface area contributed by atoms with Crippen LogP contribution >= 0.6 is 23.5 Å². The van der Waals surface area contributed by atoms with E-state index in [0.717, 1.165) is 16.7 Å². The summed E-state index contributed by atoms with van der Waals surface area (Å²) in [5, 5.41) is 11.6. The van der Waals surface area contributed by atoms with Gasteiger partial charge in [-0.3, -0.25) is 15.4 Å². The molecule has 5 rings (SSSR count). The highest BCUT2D eigenvalue weighted by molar-refractivity contribution is 8.01. The molecule has 0 spiro atoms. The molecule has 3 aromatic rings. The SMILES string of the molecule is CO[C@]1(N)C(=O)N2C(C(=O)OC(c3ccccc3)c3ccccc3)=C(CSc3nnnn3C)CS[C@@H]21. The maximum absolute atomic E-state index is 13.8. The molecule has 2 aliphatic rings. The summed E-state index contributed by atoms with van der Waals surface area (Å²) in [5.74, 6) is -0.210. The van der Waals surface area contributed by atoms with Crippen LogP contribution in [0.4, 0.5) is 0 Å². The van der Waals surface area contributed by atoms with Crippen LogP contribution in [-0.2, 0) is 26.1 Å². The number of hydrogen-bond acceptors (Lipinski definition) is 10. The fraction of sp³-hybridized carbons (Fsp3) is 0.292. The van der Waals surface area contributed by atoms with E-state index in [-0.39, 0.29) is 5.70 Å². The van der Waals surface area contributed by atoms with Crippen LogP contribution in [0.25, 0.3) is 0 Å². The Morgan fingerprint density at radius 3 is 2.39 bits per heavy atom. The molecule has 0 radical (unpaired) electrons. The first-order chi connectivity index (χ1) is 17.4. The number of aryl methyl sites for hydroxylation is 1. The second kappa shape index (κ2) is 10.1. The van der Waals surface area contributed by atoms with E-state index in [0.29, 0.717) is 16.7 Å². The van der Waals surface area contributed by atoms with Gasteiger partial charge in [0, 0.05) is 25.7 Å². The van der Waals surface area contributed by atoms with Crippen molar-refractivity contribution in [1.82, 2.24) is 25.1 Å². The second-order valence-electron chi connectivity index (χ2n) is 8.27. The maximum atomic E-state index is 13.8. The number of amides is 1. The molecule has 2 aliphatic heterocycles. The summed E-state index contributed by atoms with van der Waals surface area (Å²) < 4.78 is 13.0. The molecule has 12 heteroatoms. The molecule has 1 aromatic heterocycles. The predicted octanol–water partition coefficient (Wildman–Crippen LogP) is 2.11. The van der Waals surface area contributed by atoms with Gasteiger partial charge in [0.05, 0.1) is 0 Å². The number of benzene rings is 2. The Morgan fingerprint density at radius 1 is 1.19 bits per heavy atom. The van der Waals surface area contributed by atoms with E-state index < -0.39 is 29.1 Å². The number of nitrogens with two attached hydrogens (primary N) is 1. The lowest BCUT2D eigenvalue weighted by molar-refractivity contribution is -0.183. The van der Waals surface area contributed by atoms with Crippen LogP contribution in [-0.4, -0.2) is 66.7 Å². The number of esters is 1. The number of thioether (sulfide) groups is 2. The van der Waals surface area contributed by atoms with Crippen LogP contribution in [0.3, 0.4) is 0 Å². The minimum atomic E-state index is -1.49. The second-order valence-corrected chi connectivity index (χ2v) is 10.3. The number of carbonyl (C=O) groups is 2. The summed E-state index contributed by atoms with van der Waals surface area (Å²) in [6.45, 7) is 0. The quantitative estimate of drug-likeness (QED) is 0.203. The van der Waals surface area contributed by atoms with E-state index in [1.54, 1.807) is 11.7 Å². The molecular weight excluding hydrogens is 500 g/mol. The lowest BCUT2D eigenvalue weighted by Gasteiger charge is -2.54. The summed E-state index contributed by atoms with van der Waals surface area (Å²) in [6, 6.07) is 19.0. The zero-order valence-corrected chi connectivity index (χ0v) is 21.2. The molecule has 2 N–H and O–H groups in total. The smallest absolute Gasteiger partial charge is 0.356 e. The van der Waals surface area contributed by atoms with Gasteiger partial charge in [0.25, 0.3) is 5.91 Å². The van der Waals surface area contributed by atoms with E-state index in [4.69, 9.17) is 15.2 Å². The van der Waals surface area contributed by atoms with Crippen molar-refractivity contribution >= 4 is 35.4 Å². The topological polar surface area (TPSA) is 125 Å². The summed E-state index contributed by atoms with van der Waals surface area (Å²) >= 11 is 2.82. The highest BCUT2D eigenvalue weighted by atomic mass is 32.2. The van der Waals surface area contributed by atoms with E-state index >= 15 is 0 Å². The van der Waals surface area contributed by atoms with Gasteiger partial charge in [-0.15, -0.1) is 16.9 Å². The molecule has 2 atom stereocenters. The number of tetrazole rings is 1. The summed E-state index contributed by atoms with van der Waals surface area (Å²) in [7, 11) is 3.13. The third-order valence-corrected chi connectivity index (χ3v) is 8.55. The molecule has 10 nitrogen and oxygen atoms in total. The number of nitrogens with zero attached hydrogens (tertiary/aromatic N) is 5. The first-order valence-electron chi connectivity index (χ1n) is 11.1. The Balaban J connectivity index is 1.50. The first kappa shape index (κ1) is 24.5. The van der Waals surface area contributed by atoms with Gasteiger partial charge in [-0.05, 0) is 27.1 Å². The number of fused-ring (bicyclic) bond motifs is 1. The van der Waals surface area contributed by atoms with Crippen molar-refractivity contribution in [2.24, 2.45) is 12.8 Å². The van der Waals surface area contributed by atoms with E-state index in [1.807, 2.05) is 60.7 Å². The van der Waals surface area contributed by atoms with E-state index in [2.05, 4.69) is 15.5 Å². The highest BCUT2D eigenvalue weighted by Gasteiger charge is 2.63. The van der Waals surface area contributed by atoms with Crippen molar-refractivity contribution in [2.45, 2.75) is 22.4 Å². The first-order valence-corrected chi connectivity index (χ1v) is 13.1. The van der Waals surface area contributed by atoms with Crippen molar-refractivity contribution in [3.05, 3.63) is 83.1 Å². The van der Waals surface area contributed by atoms with Crippen molar-refractivity contribution in [1.29, 1.82) is 0 Å². The Labute approximate surface area is 216 Å². The molecule has 3 heterocycles. The van der Waals surface area contributed by atoms with E-state index in [9.17, 15) is 9.59 Å². The third-order valence-electron chi connectivity index (χ3n) is 6.06. The molecule has 0 bridgehead atoms. The zero-order chi connectivity index (χ0) is 25.3. The van der Waals surface area contributed by atoms with Gasteiger partial charge in [-0.2, -0.15) is 0 Å². The number of rotatable bonds is 8. The lowest BCUT2D eigenvalue weighted by atomic mass is 9.99. The minimum absolute atomic E-state index is 0.196. The van der Waals surface area contributed by atoms with Crippen LogP contribution in [0.2, 0.25) is 0 Å². The number of carbonyl (C=O) groups excluding carboxylic acids is 2. The van der Waals surface area contributed by atoms with Crippen LogP contribution in [0.1, 0.15) is 17.2 Å². The van der Waals surface area contributed by atoms with Gasteiger partial charge in [0.2, 0.25) is 10.9 Å². The van der Waals surface area contributed by atoms with Gasteiger partial charge in [-0.1, -0.05) is 72.4 Å². The number of ether oxygens (including phenoxy) is 2. The third kappa shape index (κ3) is 4.30. The molecule has 1 saturated heterocycles. The number of hydrogen-bond donors (Lipinski definition) is 1. The summed E-state index contributed by atoms with van der Waals surface area (Å²) in [6.07, 6.45) is -0.654. The average molecular weight is 525 g/mol. The largest absolute Gasteiger partial charge is 0.448 e. The van der Waals surface area contributed by atoms with E-state index in [1.165, 1.54) is 35.5 Å². The maximum Gasteiger partial charge on any atom is 0.356 e. The van der Waals surface area contributed by atoms with Crippen molar-refractivity contribution in [3.63, 3.8) is 0 Å². The van der Waals surface area contributed by atoms with Gasteiger partial charge in [-0.25, -0.2) is 9.48 Å². The molecule has 1 fully saturated rings. The molecule has 186 valence electrons. The monoisotopic (exact) mass is 524 g/mol. The Kier molecular flexibility index (Phi) is 6.84. The fourth-order valence-corrected chi connectivity index (χ4v) is 6.53. The van der Waals surface area contributed by atoms with Crippen LogP contribution in [0, 0.1) is 0 Å². The standard InChI is InChI=1S/C24H24N6O4S2/c1-29-23(26-27-28-29)36-14-17-13-35-22-24(25,33-2)21(32)30(22)18(17)20(31)34-19(15-9-5-3-6-10-15)16-11-7-4-8-12-16/h3-12,19,22H,13-14,25H2,1-2H3/t22-,24-/m1/s1. The van der Waals surface area contributed by atoms with Crippen LogP contribution in [0.15, 0.2) is 77.1 Å². The highest BCUT2D eigenvalue weighted by Crippen LogP contribution is 2.46. The average Bonchev–Trinajstić information content (AvgIpc) is 3.34. The molecule has 2 aromatic carbocycles. The van der Waals surface area contributed by atoms with Crippen molar-refractivity contribution in [3.8, 4) is 0 Å². The Hall–Kier alpha value is -3.19. The zero-order valence-electron chi connectivity index (χ0n) is 19.6. The fourth-order valence-electron chi connectivity index (χ4n) is 4.14. The van der Waals surface area contributed by atoms with Crippen LogP contribution in [0.5, 0.6) is 0 Å². The van der Waals surface area contributed by atoms with Crippen LogP contribution < -0.4 is 5.73 Å². The van der Waals surface area contributed by atoms with Crippen molar-refractivity contribution < 1.29 is 19.1 Å². The van der Waals surface area contributed by atoms with Gasteiger partial charge >= 0.3 is 5.97 Å². The molecule has 1 amide bonds. The number of aromatic nitrogens is 4. The molecule has 36 heavy (non-hydrogen) atoms.